The van der Waals surface area contributed by atoms with Gasteiger partial charge >= 0.3 is 0 Å². The summed E-state index contributed by atoms with van der Waals surface area (Å²) in [7, 11) is 0. The minimum atomic E-state index is -0.146. The molecule has 0 atom stereocenters. The first-order chi connectivity index (χ1) is 11.0. The molecule has 0 saturated heterocycles. The molecule has 0 saturated carbocycles. The van der Waals surface area contributed by atoms with Crippen LogP contribution in [-0.2, 0) is 0 Å². The van der Waals surface area contributed by atoms with Crippen molar-refractivity contribution in [3.05, 3.63) is 76.7 Å². The third-order valence-corrected chi connectivity index (χ3v) is 4.06. The van der Waals surface area contributed by atoms with Gasteiger partial charge in [-0.3, -0.25) is 4.79 Å². The number of halogens is 1. The van der Waals surface area contributed by atoms with Crippen molar-refractivity contribution in [3.8, 4) is 0 Å². The molecule has 1 aromatic heterocycles. The molecule has 0 radical (unpaired) electrons. The summed E-state index contributed by atoms with van der Waals surface area (Å²) in [5.74, 6) is 0.672. The van der Waals surface area contributed by atoms with Crippen molar-refractivity contribution in [2.75, 3.05) is 0 Å². The summed E-state index contributed by atoms with van der Waals surface area (Å²) in [4.78, 5) is 12.4. The lowest BCUT2D eigenvalue weighted by Crippen LogP contribution is -1.92. The average Bonchev–Trinajstić information content (AvgIpc) is 2.97. The molecule has 116 valence electrons. The number of rotatable bonds is 4. The first-order valence-electron chi connectivity index (χ1n) is 7.54. The third-order valence-electron chi connectivity index (χ3n) is 3.81. The van der Waals surface area contributed by atoms with Crippen molar-refractivity contribution in [2.24, 2.45) is 0 Å². The first kappa shape index (κ1) is 15.6. The third kappa shape index (κ3) is 3.38. The minimum absolute atomic E-state index is 0.146. The van der Waals surface area contributed by atoms with E-state index < -0.39 is 0 Å². The Hall–Kier alpha value is -2.32. The molecule has 3 aromatic rings. The number of hydrogen-bond donors (Lipinski definition) is 0. The Kier molecular flexibility index (Phi) is 4.35. The van der Waals surface area contributed by atoms with E-state index in [-0.39, 0.29) is 5.78 Å². The monoisotopic (exact) mass is 324 g/mol. The summed E-state index contributed by atoms with van der Waals surface area (Å²) < 4.78 is 5.50. The van der Waals surface area contributed by atoms with Gasteiger partial charge in [0, 0.05) is 15.8 Å². The summed E-state index contributed by atoms with van der Waals surface area (Å²) in [6.07, 6.45) is 4.93. The van der Waals surface area contributed by atoms with Crippen molar-refractivity contribution in [2.45, 2.75) is 19.8 Å². The minimum Gasteiger partial charge on any atom is -0.460 e. The van der Waals surface area contributed by atoms with Gasteiger partial charge < -0.3 is 4.42 Å². The van der Waals surface area contributed by atoms with Gasteiger partial charge in [0.2, 0.25) is 5.78 Å². The molecule has 2 aromatic carbocycles. The van der Waals surface area contributed by atoms with E-state index in [1.165, 1.54) is 11.6 Å². The zero-order chi connectivity index (χ0) is 16.4. The SMILES string of the molecule is CC(C)c1ccc2c(C(=O)C=Cc3ccc(Cl)cc3)occ2c1. The molecular weight excluding hydrogens is 308 g/mol. The molecule has 23 heavy (non-hydrogen) atoms. The van der Waals surface area contributed by atoms with Crippen LogP contribution in [0.25, 0.3) is 16.8 Å². The molecule has 0 fully saturated rings. The Labute approximate surface area is 140 Å². The predicted molar refractivity (Wildman–Crippen MR) is 95.1 cm³/mol. The Balaban J connectivity index is 1.87. The summed E-state index contributed by atoms with van der Waals surface area (Å²) in [6, 6.07) is 13.4. The van der Waals surface area contributed by atoms with E-state index in [2.05, 4.69) is 19.9 Å². The van der Waals surface area contributed by atoms with Crippen LogP contribution in [0.5, 0.6) is 0 Å². The van der Waals surface area contributed by atoms with Crippen LogP contribution in [0.15, 0.2) is 59.2 Å². The number of carbonyl (C=O) groups is 1. The fraction of sp³-hybridized carbons (Fsp3) is 0.150. The molecule has 3 rings (SSSR count). The van der Waals surface area contributed by atoms with E-state index in [0.29, 0.717) is 16.7 Å². The molecule has 0 aliphatic carbocycles. The van der Waals surface area contributed by atoms with E-state index in [0.717, 1.165) is 16.3 Å². The highest BCUT2D eigenvalue weighted by molar-refractivity contribution is 6.30. The summed E-state index contributed by atoms with van der Waals surface area (Å²) in [5.41, 5.74) is 2.15. The van der Waals surface area contributed by atoms with Gasteiger partial charge in [0.05, 0.1) is 6.26 Å². The quantitative estimate of drug-likeness (QED) is 0.428. The van der Waals surface area contributed by atoms with Crippen molar-refractivity contribution in [1.82, 2.24) is 0 Å². The van der Waals surface area contributed by atoms with Gasteiger partial charge in [-0.05, 0) is 41.3 Å². The van der Waals surface area contributed by atoms with Crippen LogP contribution in [-0.4, -0.2) is 5.78 Å². The highest BCUT2D eigenvalue weighted by Crippen LogP contribution is 2.26. The summed E-state index contributed by atoms with van der Waals surface area (Å²) in [5, 5.41) is 2.48. The van der Waals surface area contributed by atoms with Crippen LogP contribution in [0.4, 0.5) is 0 Å². The Morgan fingerprint density at radius 2 is 1.87 bits per heavy atom. The number of hydrogen-bond acceptors (Lipinski definition) is 2. The molecular formula is C20H17ClO2. The normalized spacial score (nSPS) is 11.7. The molecule has 0 amide bonds. The van der Waals surface area contributed by atoms with Crippen LogP contribution >= 0.6 is 11.6 Å². The predicted octanol–water partition coefficient (Wildman–Crippen LogP) is 6.11. The molecule has 0 N–H and O–H groups in total. The van der Waals surface area contributed by atoms with E-state index in [9.17, 15) is 4.79 Å². The van der Waals surface area contributed by atoms with Crippen molar-refractivity contribution >= 4 is 34.2 Å². The van der Waals surface area contributed by atoms with Crippen molar-refractivity contribution < 1.29 is 9.21 Å². The number of carbonyl (C=O) groups excluding carboxylic acids is 1. The van der Waals surface area contributed by atoms with Gasteiger partial charge in [-0.25, -0.2) is 0 Å². The second-order valence-electron chi connectivity index (χ2n) is 5.82. The fourth-order valence-electron chi connectivity index (χ4n) is 2.44. The highest BCUT2D eigenvalue weighted by atomic mass is 35.5. The van der Waals surface area contributed by atoms with Gasteiger partial charge in [-0.1, -0.05) is 55.8 Å². The second-order valence-corrected chi connectivity index (χ2v) is 6.25. The molecule has 1 heterocycles. The lowest BCUT2D eigenvalue weighted by molar-refractivity contribution is 0.102. The molecule has 3 heteroatoms. The maximum atomic E-state index is 12.4. The van der Waals surface area contributed by atoms with Crippen molar-refractivity contribution in [3.63, 3.8) is 0 Å². The van der Waals surface area contributed by atoms with Crippen molar-refractivity contribution in [1.29, 1.82) is 0 Å². The topological polar surface area (TPSA) is 30.2 Å². The van der Waals surface area contributed by atoms with Gasteiger partial charge in [-0.15, -0.1) is 0 Å². The Morgan fingerprint density at radius 3 is 2.57 bits per heavy atom. The van der Waals surface area contributed by atoms with Crippen LogP contribution in [0.1, 0.15) is 41.4 Å². The fourth-order valence-corrected chi connectivity index (χ4v) is 2.57. The average molecular weight is 325 g/mol. The number of ketones is 1. The van der Waals surface area contributed by atoms with Crippen LogP contribution < -0.4 is 0 Å². The van der Waals surface area contributed by atoms with E-state index >= 15 is 0 Å². The second kappa shape index (κ2) is 6.43. The van der Waals surface area contributed by atoms with E-state index in [1.807, 2.05) is 24.3 Å². The van der Waals surface area contributed by atoms with Crippen LogP contribution in [0.3, 0.4) is 0 Å². The van der Waals surface area contributed by atoms with Gasteiger partial charge in [0.25, 0.3) is 0 Å². The molecule has 0 unspecified atom stereocenters. The number of benzene rings is 2. The lowest BCUT2D eigenvalue weighted by atomic mass is 10.00. The molecule has 0 aliphatic rings. The summed E-state index contributed by atoms with van der Waals surface area (Å²) in [6.45, 7) is 4.28. The maximum Gasteiger partial charge on any atom is 0.221 e. The zero-order valence-electron chi connectivity index (χ0n) is 13.0. The van der Waals surface area contributed by atoms with E-state index in [1.54, 1.807) is 24.5 Å². The number of furan rings is 1. The Bertz CT molecular complexity index is 870. The smallest absolute Gasteiger partial charge is 0.221 e. The first-order valence-corrected chi connectivity index (χ1v) is 7.91. The molecule has 0 bridgehead atoms. The highest BCUT2D eigenvalue weighted by Gasteiger charge is 2.13. The number of fused-ring (bicyclic) bond motifs is 1. The number of allylic oxidation sites excluding steroid dienone is 1. The molecule has 2 nitrogen and oxygen atoms in total. The molecule has 0 spiro atoms. The van der Waals surface area contributed by atoms with Gasteiger partial charge in [0.15, 0.2) is 5.76 Å². The van der Waals surface area contributed by atoms with E-state index in [4.69, 9.17) is 16.0 Å². The largest absolute Gasteiger partial charge is 0.460 e. The standard InChI is InChI=1S/C20H17ClO2/c1-13(2)15-6-9-18-16(11-15)12-23-20(18)19(22)10-5-14-3-7-17(21)8-4-14/h3-13H,1-2H3. The van der Waals surface area contributed by atoms with Crippen LogP contribution in [0.2, 0.25) is 5.02 Å². The molecule has 0 aliphatic heterocycles. The zero-order valence-corrected chi connectivity index (χ0v) is 13.8. The maximum absolute atomic E-state index is 12.4. The summed E-state index contributed by atoms with van der Waals surface area (Å²) >= 11 is 5.85. The van der Waals surface area contributed by atoms with Gasteiger partial charge in [0.1, 0.15) is 0 Å². The van der Waals surface area contributed by atoms with Crippen LogP contribution in [0, 0.1) is 0 Å². The lowest BCUT2D eigenvalue weighted by Gasteiger charge is -2.04. The van der Waals surface area contributed by atoms with Gasteiger partial charge in [-0.2, -0.15) is 0 Å². The Morgan fingerprint density at radius 1 is 1.13 bits per heavy atom.